The molecule has 106 valence electrons. The molecule has 0 unspecified atom stereocenters. The lowest BCUT2D eigenvalue weighted by molar-refractivity contribution is 0.202. The minimum absolute atomic E-state index is 0.480. The number of pyridine rings is 1. The highest BCUT2D eigenvalue weighted by Crippen LogP contribution is 2.24. The van der Waals surface area contributed by atoms with Crippen LogP contribution in [-0.2, 0) is 6.54 Å². The Morgan fingerprint density at radius 3 is 2.79 bits per heavy atom. The number of hydrogen-bond acceptors (Lipinski definition) is 3. The van der Waals surface area contributed by atoms with Gasteiger partial charge >= 0.3 is 0 Å². The van der Waals surface area contributed by atoms with Crippen molar-refractivity contribution in [3.05, 3.63) is 23.9 Å². The van der Waals surface area contributed by atoms with Crippen LogP contribution in [0.25, 0.3) is 0 Å². The van der Waals surface area contributed by atoms with E-state index in [0.717, 1.165) is 30.6 Å². The molecule has 1 fully saturated rings. The van der Waals surface area contributed by atoms with Crippen LogP contribution in [0.15, 0.2) is 18.2 Å². The summed E-state index contributed by atoms with van der Waals surface area (Å²) in [6.07, 6.45) is 6.74. The standard InChI is InChI=1S/C16H26N2O/c1-13(2)17-11-15-9-6-10-16(18-15)19-12-14-7-4-3-5-8-14/h6,9-10,13-14,17H,3-5,7-8,11-12H2,1-2H3. The molecule has 1 aromatic rings. The van der Waals surface area contributed by atoms with Gasteiger partial charge in [0.25, 0.3) is 0 Å². The summed E-state index contributed by atoms with van der Waals surface area (Å²) in [6, 6.07) is 6.51. The second-order valence-electron chi connectivity index (χ2n) is 5.82. The molecule has 1 saturated carbocycles. The molecular weight excluding hydrogens is 236 g/mol. The fraction of sp³-hybridized carbons (Fsp3) is 0.688. The Bertz CT molecular complexity index is 373. The molecule has 1 aliphatic rings. The highest BCUT2D eigenvalue weighted by molar-refractivity contribution is 5.15. The third kappa shape index (κ3) is 5.19. The van der Waals surface area contributed by atoms with E-state index in [1.165, 1.54) is 32.1 Å². The quantitative estimate of drug-likeness (QED) is 0.851. The summed E-state index contributed by atoms with van der Waals surface area (Å²) >= 11 is 0. The molecular formula is C16H26N2O. The topological polar surface area (TPSA) is 34.1 Å². The van der Waals surface area contributed by atoms with Gasteiger partial charge in [-0.15, -0.1) is 0 Å². The van der Waals surface area contributed by atoms with Gasteiger partial charge in [-0.25, -0.2) is 4.98 Å². The molecule has 1 aliphatic carbocycles. The summed E-state index contributed by atoms with van der Waals surface area (Å²) in [5, 5.41) is 3.38. The first-order valence-electron chi connectivity index (χ1n) is 7.56. The largest absolute Gasteiger partial charge is 0.477 e. The lowest BCUT2D eigenvalue weighted by Crippen LogP contribution is -2.22. The van der Waals surface area contributed by atoms with E-state index >= 15 is 0 Å². The Morgan fingerprint density at radius 1 is 1.26 bits per heavy atom. The Hall–Kier alpha value is -1.09. The predicted octanol–water partition coefficient (Wildman–Crippen LogP) is 3.54. The molecule has 0 amide bonds. The van der Waals surface area contributed by atoms with Crippen LogP contribution in [0.5, 0.6) is 5.88 Å². The van der Waals surface area contributed by atoms with Crippen LogP contribution in [0, 0.1) is 5.92 Å². The molecule has 1 aromatic heterocycles. The Kier molecular flexibility index (Phi) is 5.64. The van der Waals surface area contributed by atoms with Gasteiger partial charge in [0.15, 0.2) is 0 Å². The molecule has 3 nitrogen and oxygen atoms in total. The summed E-state index contributed by atoms with van der Waals surface area (Å²) in [5.74, 6) is 1.50. The Morgan fingerprint density at radius 2 is 2.05 bits per heavy atom. The van der Waals surface area contributed by atoms with E-state index < -0.39 is 0 Å². The highest BCUT2D eigenvalue weighted by atomic mass is 16.5. The number of nitrogens with zero attached hydrogens (tertiary/aromatic N) is 1. The van der Waals surface area contributed by atoms with Gasteiger partial charge in [-0.3, -0.25) is 0 Å². The SMILES string of the molecule is CC(C)NCc1cccc(OCC2CCCCC2)n1. The summed E-state index contributed by atoms with van der Waals surface area (Å²) in [6.45, 7) is 5.92. The van der Waals surface area contributed by atoms with E-state index in [1.54, 1.807) is 0 Å². The van der Waals surface area contributed by atoms with Gasteiger partial charge in [-0.05, 0) is 24.8 Å². The van der Waals surface area contributed by atoms with Crippen LogP contribution in [-0.4, -0.2) is 17.6 Å². The van der Waals surface area contributed by atoms with Crippen molar-refractivity contribution in [2.24, 2.45) is 5.92 Å². The van der Waals surface area contributed by atoms with Crippen molar-refractivity contribution < 1.29 is 4.74 Å². The van der Waals surface area contributed by atoms with E-state index in [0.29, 0.717) is 6.04 Å². The first-order valence-corrected chi connectivity index (χ1v) is 7.56. The smallest absolute Gasteiger partial charge is 0.213 e. The van der Waals surface area contributed by atoms with Crippen LogP contribution in [0.2, 0.25) is 0 Å². The predicted molar refractivity (Wildman–Crippen MR) is 78.3 cm³/mol. The van der Waals surface area contributed by atoms with Gasteiger partial charge < -0.3 is 10.1 Å². The zero-order valence-corrected chi connectivity index (χ0v) is 12.2. The molecule has 1 N–H and O–H groups in total. The van der Waals surface area contributed by atoms with Crippen LogP contribution in [0.3, 0.4) is 0 Å². The van der Waals surface area contributed by atoms with Gasteiger partial charge in [0.2, 0.25) is 5.88 Å². The van der Waals surface area contributed by atoms with Crippen molar-refractivity contribution in [3.8, 4) is 5.88 Å². The lowest BCUT2D eigenvalue weighted by Gasteiger charge is -2.21. The highest BCUT2D eigenvalue weighted by Gasteiger charge is 2.14. The van der Waals surface area contributed by atoms with Crippen molar-refractivity contribution >= 4 is 0 Å². The molecule has 0 atom stereocenters. The number of aromatic nitrogens is 1. The van der Waals surface area contributed by atoms with E-state index in [2.05, 4.69) is 24.1 Å². The summed E-state index contributed by atoms with van der Waals surface area (Å²) < 4.78 is 5.85. The van der Waals surface area contributed by atoms with E-state index in [-0.39, 0.29) is 0 Å². The Labute approximate surface area is 116 Å². The minimum atomic E-state index is 0.480. The normalized spacial score (nSPS) is 16.8. The monoisotopic (exact) mass is 262 g/mol. The molecule has 2 rings (SSSR count). The van der Waals surface area contributed by atoms with Crippen molar-refractivity contribution in [3.63, 3.8) is 0 Å². The second kappa shape index (κ2) is 7.49. The lowest BCUT2D eigenvalue weighted by atomic mass is 9.90. The van der Waals surface area contributed by atoms with Gasteiger partial charge in [0, 0.05) is 18.7 Å². The van der Waals surface area contributed by atoms with Gasteiger partial charge in [0.1, 0.15) is 0 Å². The van der Waals surface area contributed by atoms with Crippen molar-refractivity contribution in [2.75, 3.05) is 6.61 Å². The van der Waals surface area contributed by atoms with E-state index in [9.17, 15) is 0 Å². The van der Waals surface area contributed by atoms with Crippen LogP contribution >= 0.6 is 0 Å². The summed E-state index contributed by atoms with van der Waals surface area (Å²) in [4.78, 5) is 4.54. The van der Waals surface area contributed by atoms with E-state index in [1.807, 2.05) is 18.2 Å². The fourth-order valence-corrected chi connectivity index (χ4v) is 2.50. The van der Waals surface area contributed by atoms with E-state index in [4.69, 9.17) is 4.74 Å². The summed E-state index contributed by atoms with van der Waals surface area (Å²) in [7, 11) is 0. The second-order valence-corrected chi connectivity index (χ2v) is 5.82. The van der Waals surface area contributed by atoms with Crippen LogP contribution < -0.4 is 10.1 Å². The maximum Gasteiger partial charge on any atom is 0.213 e. The van der Waals surface area contributed by atoms with Crippen LogP contribution in [0.1, 0.15) is 51.6 Å². The third-order valence-electron chi connectivity index (χ3n) is 3.66. The first kappa shape index (κ1) is 14.3. The Balaban J connectivity index is 1.80. The molecule has 1 heterocycles. The van der Waals surface area contributed by atoms with Crippen molar-refractivity contribution in [1.82, 2.24) is 10.3 Å². The molecule has 3 heteroatoms. The van der Waals surface area contributed by atoms with Crippen molar-refractivity contribution in [1.29, 1.82) is 0 Å². The molecule has 0 aliphatic heterocycles. The number of ether oxygens (including phenoxy) is 1. The van der Waals surface area contributed by atoms with Crippen LogP contribution in [0.4, 0.5) is 0 Å². The molecule has 19 heavy (non-hydrogen) atoms. The number of nitrogens with one attached hydrogen (secondary N) is 1. The summed E-state index contributed by atoms with van der Waals surface area (Å²) in [5.41, 5.74) is 1.05. The van der Waals surface area contributed by atoms with Gasteiger partial charge in [-0.1, -0.05) is 39.2 Å². The number of hydrogen-bond donors (Lipinski definition) is 1. The fourth-order valence-electron chi connectivity index (χ4n) is 2.50. The average Bonchev–Trinajstić information content (AvgIpc) is 2.44. The maximum atomic E-state index is 5.85. The average molecular weight is 262 g/mol. The molecule has 0 bridgehead atoms. The molecule has 0 radical (unpaired) electrons. The molecule has 0 saturated heterocycles. The maximum absolute atomic E-state index is 5.85. The zero-order chi connectivity index (χ0) is 13.5. The molecule has 0 spiro atoms. The third-order valence-corrected chi connectivity index (χ3v) is 3.66. The number of rotatable bonds is 6. The first-order chi connectivity index (χ1) is 9.24. The molecule has 0 aromatic carbocycles. The van der Waals surface area contributed by atoms with Gasteiger partial charge in [0.05, 0.1) is 12.3 Å². The minimum Gasteiger partial charge on any atom is -0.477 e. The van der Waals surface area contributed by atoms with Gasteiger partial charge in [-0.2, -0.15) is 0 Å². The zero-order valence-electron chi connectivity index (χ0n) is 12.2. The van der Waals surface area contributed by atoms with Crippen molar-refractivity contribution in [2.45, 2.75) is 58.5 Å².